The van der Waals surface area contributed by atoms with Crippen LogP contribution < -0.4 is 0 Å². The maximum Gasteiger partial charge on any atom is 0.522 e. The number of aliphatic hydroxyl groups is 1. The Morgan fingerprint density at radius 3 is 1.59 bits per heavy atom. The average molecular weight is 574 g/mol. The van der Waals surface area contributed by atoms with Gasteiger partial charge in [-0.25, -0.2) is 0 Å². The normalized spacial score (nSPS) is 23.0. The van der Waals surface area contributed by atoms with E-state index >= 15 is 0 Å². The topological polar surface area (TPSA) is 156 Å². The van der Waals surface area contributed by atoms with Crippen molar-refractivity contribution in [3.05, 3.63) is 0 Å². The van der Waals surface area contributed by atoms with E-state index in [1.54, 1.807) is 0 Å². The van der Waals surface area contributed by atoms with Gasteiger partial charge in [0.05, 0.1) is 12.6 Å². The molecule has 2 atom stereocenters. The third kappa shape index (κ3) is 11.2. The summed E-state index contributed by atoms with van der Waals surface area (Å²) < 4.78 is 115. The Balaban J connectivity index is 0.000000570. The summed E-state index contributed by atoms with van der Waals surface area (Å²) in [6.07, 6.45) is 0.856. The molecule has 0 aromatic rings. The number of piperazine rings is 1. The minimum atomic E-state index is -5.84. The first-order valence-corrected chi connectivity index (χ1v) is 12.6. The van der Waals surface area contributed by atoms with Crippen molar-refractivity contribution < 1.29 is 62.2 Å². The number of thiol groups is 1. The van der Waals surface area contributed by atoms with Gasteiger partial charge in [-0.2, -0.15) is 55.8 Å². The van der Waals surface area contributed by atoms with Crippen LogP contribution in [0.3, 0.4) is 0 Å². The van der Waals surface area contributed by atoms with Crippen LogP contribution in [0.1, 0.15) is 6.42 Å². The largest absolute Gasteiger partial charge is 0.522 e. The molecule has 2 fully saturated rings. The second kappa shape index (κ2) is 12.9. The molecule has 2 heterocycles. The first kappa shape index (κ1) is 33.1. The molecule has 34 heavy (non-hydrogen) atoms. The van der Waals surface area contributed by atoms with Crippen LogP contribution in [0, 0.1) is 0 Å². The van der Waals surface area contributed by atoms with E-state index in [1.165, 1.54) is 0 Å². The van der Waals surface area contributed by atoms with E-state index in [1.807, 2.05) is 11.9 Å². The van der Waals surface area contributed by atoms with Gasteiger partial charge in [0.1, 0.15) is 0 Å². The molecule has 2 aliphatic heterocycles. The summed E-state index contributed by atoms with van der Waals surface area (Å²) in [6, 6.07) is 0.0110. The number of carbonyl (C=O) groups is 1. The molecule has 0 spiro atoms. The molecule has 0 aliphatic carbocycles. The summed E-state index contributed by atoms with van der Waals surface area (Å²) in [6.45, 7) is 5.09. The number of carbonyl (C=O) groups excluding carboxylic acids is 1. The van der Waals surface area contributed by atoms with Crippen molar-refractivity contribution in [3.8, 4) is 0 Å². The standard InChI is InChI=1S/C12H23N3O2S.2CHF3O3S/c1-13-9-10(18)8-11(13)12(17)15-4-2-14(3-5-15)6-7-16;2*2-1(3,4)8(5,6)7/h10-11,16,18H,2-9H2,1H3;2*(H,5,6,7)/t10-,11-;;/m0../s1. The molecule has 0 radical (unpaired) electrons. The van der Waals surface area contributed by atoms with Crippen molar-refractivity contribution in [1.29, 1.82) is 0 Å². The second-order valence-corrected chi connectivity index (χ2v) is 10.6. The van der Waals surface area contributed by atoms with Crippen LogP contribution in [0.25, 0.3) is 0 Å². The average Bonchev–Trinajstić information content (AvgIpc) is 2.98. The van der Waals surface area contributed by atoms with E-state index in [4.69, 9.17) is 31.0 Å². The highest BCUT2D eigenvalue weighted by Gasteiger charge is 2.45. The highest BCUT2D eigenvalue weighted by molar-refractivity contribution is 7.86. The van der Waals surface area contributed by atoms with Gasteiger partial charge in [0.2, 0.25) is 5.91 Å². The fourth-order valence-electron chi connectivity index (χ4n) is 2.81. The second-order valence-electron chi connectivity index (χ2n) is 7.08. The van der Waals surface area contributed by atoms with E-state index < -0.39 is 31.3 Å². The summed E-state index contributed by atoms with van der Waals surface area (Å²) in [5.41, 5.74) is -11.1. The Labute approximate surface area is 197 Å². The van der Waals surface area contributed by atoms with Crippen molar-refractivity contribution in [1.82, 2.24) is 14.7 Å². The lowest BCUT2D eigenvalue weighted by Gasteiger charge is -2.36. The summed E-state index contributed by atoms with van der Waals surface area (Å²) in [7, 11) is -9.68. The number of rotatable bonds is 3. The van der Waals surface area contributed by atoms with Crippen LogP contribution in [0.4, 0.5) is 26.3 Å². The summed E-state index contributed by atoms with van der Waals surface area (Å²) >= 11 is 4.46. The van der Waals surface area contributed by atoms with Gasteiger partial charge in [-0.05, 0) is 13.5 Å². The van der Waals surface area contributed by atoms with Gasteiger partial charge in [-0.1, -0.05) is 0 Å². The Hall–Kier alpha value is -0.900. The molecule has 0 aromatic carbocycles. The number of hydrogen-bond donors (Lipinski definition) is 4. The molecular formula is C14H25F6N3O8S3. The zero-order chi connectivity index (χ0) is 27.1. The van der Waals surface area contributed by atoms with Crippen LogP contribution in [0.15, 0.2) is 0 Å². The Bertz CT molecular complexity index is 819. The number of likely N-dealkylation sites (tertiary alicyclic amines) is 1. The van der Waals surface area contributed by atoms with E-state index in [2.05, 4.69) is 22.4 Å². The molecule has 2 rings (SSSR count). The van der Waals surface area contributed by atoms with E-state index in [-0.39, 0.29) is 18.6 Å². The minimum Gasteiger partial charge on any atom is -0.395 e. The summed E-state index contributed by atoms with van der Waals surface area (Å²) in [5, 5.41) is 9.21. The van der Waals surface area contributed by atoms with Crippen LogP contribution in [0.5, 0.6) is 0 Å². The molecule has 2 saturated heterocycles. The lowest BCUT2D eigenvalue weighted by Crippen LogP contribution is -2.53. The maximum atomic E-state index is 12.4. The number of amides is 1. The zero-order valence-electron chi connectivity index (χ0n) is 17.6. The van der Waals surface area contributed by atoms with Crippen molar-refractivity contribution in [2.24, 2.45) is 0 Å². The van der Waals surface area contributed by atoms with E-state index in [0.29, 0.717) is 11.8 Å². The summed E-state index contributed by atoms with van der Waals surface area (Å²) in [4.78, 5) is 18.7. The molecule has 11 nitrogen and oxygen atoms in total. The maximum absolute atomic E-state index is 12.4. The number of alkyl halides is 6. The molecule has 204 valence electrons. The van der Waals surface area contributed by atoms with Gasteiger partial charge >= 0.3 is 31.3 Å². The van der Waals surface area contributed by atoms with Gasteiger partial charge in [0, 0.05) is 44.5 Å². The lowest BCUT2D eigenvalue weighted by molar-refractivity contribution is -0.137. The molecule has 0 saturated carbocycles. The number of likely N-dealkylation sites (N-methyl/N-ethyl adjacent to an activating group) is 1. The Morgan fingerprint density at radius 2 is 1.32 bits per heavy atom. The highest BCUT2D eigenvalue weighted by atomic mass is 32.2. The highest BCUT2D eigenvalue weighted by Crippen LogP contribution is 2.23. The third-order valence-corrected chi connectivity index (χ3v) is 6.04. The minimum absolute atomic E-state index is 0.0110. The lowest BCUT2D eigenvalue weighted by atomic mass is 10.1. The predicted octanol–water partition coefficient (Wildman–Crippen LogP) is -0.0866. The summed E-state index contributed by atoms with van der Waals surface area (Å²) in [5.74, 6) is 0.248. The number of nitrogens with zero attached hydrogens (tertiary/aromatic N) is 3. The van der Waals surface area contributed by atoms with Gasteiger partial charge in [-0.3, -0.25) is 23.7 Å². The SMILES string of the molecule is CN1C[C@@H](S)C[C@H]1C(=O)N1CCN(CCO)CC1.O=S(=O)(O)C(F)(F)F.O=S(=O)(O)C(F)(F)F. The first-order chi connectivity index (χ1) is 15.1. The van der Waals surface area contributed by atoms with E-state index in [0.717, 1.165) is 39.1 Å². The molecular weight excluding hydrogens is 548 g/mol. The quantitative estimate of drug-likeness (QED) is 0.156. The number of halogens is 6. The first-order valence-electron chi connectivity index (χ1n) is 9.19. The number of hydrogen-bond acceptors (Lipinski definition) is 9. The Morgan fingerprint density at radius 1 is 0.941 bits per heavy atom. The number of β-amino-alcohol motifs (C(OH)–C–C–N with tert-alkyl or cyclic N) is 1. The molecule has 20 heteroatoms. The fraction of sp³-hybridized carbons (Fsp3) is 0.929. The van der Waals surface area contributed by atoms with Crippen LogP contribution in [0.2, 0.25) is 0 Å². The molecule has 0 unspecified atom stereocenters. The third-order valence-electron chi connectivity index (χ3n) is 4.50. The smallest absolute Gasteiger partial charge is 0.395 e. The predicted molar refractivity (Wildman–Crippen MR) is 109 cm³/mol. The van der Waals surface area contributed by atoms with Crippen molar-refractivity contribution in [2.75, 3.05) is 52.9 Å². The van der Waals surface area contributed by atoms with Crippen LogP contribution >= 0.6 is 12.6 Å². The van der Waals surface area contributed by atoms with Crippen molar-refractivity contribution >= 4 is 38.8 Å². The van der Waals surface area contributed by atoms with Gasteiger partial charge in [-0.15, -0.1) is 0 Å². The van der Waals surface area contributed by atoms with Crippen LogP contribution in [-0.4, -0.2) is 127 Å². The fourth-order valence-corrected chi connectivity index (χ4v) is 3.26. The van der Waals surface area contributed by atoms with Crippen molar-refractivity contribution in [2.45, 2.75) is 28.7 Å². The van der Waals surface area contributed by atoms with Crippen LogP contribution in [-0.2, 0) is 25.0 Å². The molecule has 1 amide bonds. The molecule has 2 aliphatic rings. The number of aliphatic hydroxyl groups excluding tert-OH is 1. The zero-order valence-corrected chi connectivity index (χ0v) is 20.1. The van der Waals surface area contributed by atoms with Gasteiger partial charge in [0.15, 0.2) is 0 Å². The monoisotopic (exact) mass is 573 g/mol. The molecule has 0 aromatic heterocycles. The van der Waals surface area contributed by atoms with Gasteiger partial charge in [0.25, 0.3) is 0 Å². The van der Waals surface area contributed by atoms with E-state index in [9.17, 15) is 31.1 Å². The molecule has 3 N–H and O–H groups in total. The molecule has 0 bridgehead atoms. The van der Waals surface area contributed by atoms with Crippen molar-refractivity contribution in [3.63, 3.8) is 0 Å². The van der Waals surface area contributed by atoms with Gasteiger partial charge < -0.3 is 10.0 Å². The Kier molecular flexibility index (Phi) is 12.5.